The Morgan fingerprint density at radius 1 is 1.36 bits per heavy atom. The number of amides is 1. The summed E-state index contributed by atoms with van der Waals surface area (Å²) in [6.45, 7) is 3.61. The zero-order valence-electron chi connectivity index (χ0n) is 14.8. The van der Waals surface area contributed by atoms with Crippen LogP contribution in [0.5, 0.6) is 5.75 Å². The van der Waals surface area contributed by atoms with Gasteiger partial charge in [-0.15, -0.1) is 0 Å². The molecule has 138 valence electrons. The Kier molecular flexibility index (Phi) is 5.34. The van der Waals surface area contributed by atoms with E-state index in [2.05, 4.69) is 17.4 Å². The number of carbonyl (C=O) groups excluding carboxylic acids is 1. The van der Waals surface area contributed by atoms with E-state index in [0.717, 1.165) is 25.2 Å². The Labute approximate surface area is 149 Å². The Hall–Kier alpha value is -1.60. The molecule has 0 saturated carbocycles. The fourth-order valence-corrected chi connectivity index (χ4v) is 4.46. The lowest BCUT2D eigenvalue weighted by atomic mass is 9.96. The number of rotatable bonds is 5. The number of nitrogens with one attached hydrogen (secondary N) is 1. The van der Waals surface area contributed by atoms with Crippen LogP contribution in [0.3, 0.4) is 0 Å². The molecule has 25 heavy (non-hydrogen) atoms. The fourth-order valence-electron chi connectivity index (χ4n) is 3.58. The highest BCUT2D eigenvalue weighted by molar-refractivity contribution is 7.88. The van der Waals surface area contributed by atoms with Gasteiger partial charge in [0, 0.05) is 31.5 Å². The number of sulfonamides is 1. The summed E-state index contributed by atoms with van der Waals surface area (Å²) in [6.07, 6.45) is 4.12. The Morgan fingerprint density at radius 3 is 2.76 bits per heavy atom. The average molecular weight is 366 g/mol. The predicted octanol–water partition coefficient (Wildman–Crippen LogP) is 1.34. The first-order valence-electron chi connectivity index (χ1n) is 8.83. The third-order valence-corrected chi connectivity index (χ3v) is 6.28. The fraction of sp³-hybridized carbons (Fsp3) is 0.611. The van der Waals surface area contributed by atoms with Gasteiger partial charge in [0.05, 0.1) is 12.9 Å². The van der Waals surface area contributed by atoms with Crippen LogP contribution in [0.2, 0.25) is 0 Å². The van der Waals surface area contributed by atoms with Gasteiger partial charge < -0.3 is 10.1 Å². The van der Waals surface area contributed by atoms with Crippen LogP contribution in [0.4, 0.5) is 0 Å². The summed E-state index contributed by atoms with van der Waals surface area (Å²) >= 11 is 0. The largest absolute Gasteiger partial charge is 0.493 e. The quantitative estimate of drug-likeness (QED) is 0.853. The number of hydrogen-bond acceptors (Lipinski definition) is 4. The molecule has 1 fully saturated rings. The minimum atomic E-state index is -3.15. The molecule has 1 N–H and O–H groups in total. The van der Waals surface area contributed by atoms with Crippen LogP contribution in [0, 0.1) is 5.92 Å². The number of nitrogens with zero attached hydrogens (tertiary/aromatic N) is 1. The summed E-state index contributed by atoms with van der Waals surface area (Å²) in [4.78, 5) is 12.4. The average Bonchev–Trinajstić information content (AvgIpc) is 3.01. The van der Waals surface area contributed by atoms with Gasteiger partial charge in [0.1, 0.15) is 5.75 Å². The number of ether oxygens (including phenoxy) is 1. The maximum atomic E-state index is 12.4. The van der Waals surface area contributed by atoms with Crippen LogP contribution in [-0.4, -0.2) is 50.6 Å². The normalized spacial score (nSPS) is 19.9. The highest BCUT2D eigenvalue weighted by Crippen LogP contribution is 2.26. The second-order valence-corrected chi connectivity index (χ2v) is 9.07. The second-order valence-electron chi connectivity index (χ2n) is 7.09. The predicted molar refractivity (Wildman–Crippen MR) is 96.1 cm³/mol. The van der Waals surface area contributed by atoms with Crippen molar-refractivity contribution in [1.29, 1.82) is 0 Å². The lowest BCUT2D eigenvalue weighted by molar-refractivity contribution is -0.126. The molecule has 0 aromatic heterocycles. The summed E-state index contributed by atoms with van der Waals surface area (Å²) in [5, 5.41) is 3.08. The standard InChI is InChI=1S/C18H26N2O4S/c1-13(11-14-3-4-17-16(12-14)7-10-24-17)19-18(21)15-5-8-20(9-6-15)25(2,22)23/h3-4,12-13,15H,5-11H2,1-2H3,(H,19,21)/t13-/m0/s1. The lowest BCUT2D eigenvalue weighted by Gasteiger charge is -2.30. The molecule has 6 nitrogen and oxygen atoms in total. The van der Waals surface area contributed by atoms with Gasteiger partial charge in [-0.25, -0.2) is 12.7 Å². The molecule has 7 heteroatoms. The molecule has 0 unspecified atom stereocenters. The van der Waals surface area contributed by atoms with Crippen LogP contribution >= 0.6 is 0 Å². The van der Waals surface area contributed by atoms with Gasteiger partial charge in [0.25, 0.3) is 0 Å². The Morgan fingerprint density at radius 2 is 2.08 bits per heavy atom. The topological polar surface area (TPSA) is 75.7 Å². The van der Waals surface area contributed by atoms with Crippen molar-refractivity contribution in [3.63, 3.8) is 0 Å². The zero-order valence-corrected chi connectivity index (χ0v) is 15.6. The first kappa shape index (κ1) is 18.2. The third kappa shape index (κ3) is 4.52. The highest BCUT2D eigenvalue weighted by Gasteiger charge is 2.29. The number of piperidine rings is 1. The summed E-state index contributed by atoms with van der Waals surface area (Å²) in [5.74, 6) is 0.900. The molecule has 3 rings (SSSR count). The van der Waals surface area contributed by atoms with Crippen molar-refractivity contribution >= 4 is 15.9 Å². The van der Waals surface area contributed by atoms with E-state index in [0.29, 0.717) is 25.9 Å². The van der Waals surface area contributed by atoms with Gasteiger partial charge in [0.2, 0.25) is 15.9 Å². The molecule has 1 aromatic carbocycles. The minimum absolute atomic E-state index is 0.0325. The third-order valence-electron chi connectivity index (χ3n) is 4.98. The van der Waals surface area contributed by atoms with Gasteiger partial charge in [-0.2, -0.15) is 0 Å². The van der Waals surface area contributed by atoms with Gasteiger partial charge in [-0.05, 0) is 43.4 Å². The van der Waals surface area contributed by atoms with E-state index in [4.69, 9.17) is 4.74 Å². The summed E-state index contributed by atoms with van der Waals surface area (Å²) in [7, 11) is -3.15. The molecule has 1 amide bonds. The molecule has 0 radical (unpaired) electrons. The molecule has 1 atom stereocenters. The van der Waals surface area contributed by atoms with Crippen molar-refractivity contribution in [3.05, 3.63) is 29.3 Å². The van der Waals surface area contributed by atoms with E-state index in [9.17, 15) is 13.2 Å². The lowest BCUT2D eigenvalue weighted by Crippen LogP contribution is -2.44. The minimum Gasteiger partial charge on any atom is -0.493 e. The molecule has 2 aliphatic rings. The maximum absolute atomic E-state index is 12.4. The Balaban J connectivity index is 1.50. The molecular weight excluding hydrogens is 340 g/mol. The number of hydrogen-bond donors (Lipinski definition) is 1. The van der Waals surface area contributed by atoms with Crippen LogP contribution in [-0.2, 0) is 27.7 Å². The zero-order chi connectivity index (χ0) is 18.0. The van der Waals surface area contributed by atoms with Gasteiger partial charge in [-0.3, -0.25) is 4.79 Å². The van der Waals surface area contributed by atoms with Crippen molar-refractivity contribution in [2.75, 3.05) is 26.0 Å². The maximum Gasteiger partial charge on any atom is 0.223 e. The molecule has 0 aliphatic carbocycles. The van der Waals surface area contributed by atoms with E-state index in [1.807, 2.05) is 13.0 Å². The molecule has 2 aliphatic heterocycles. The monoisotopic (exact) mass is 366 g/mol. The molecule has 1 aromatic rings. The van der Waals surface area contributed by atoms with Crippen molar-refractivity contribution in [1.82, 2.24) is 9.62 Å². The van der Waals surface area contributed by atoms with E-state index in [1.54, 1.807) is 0 Å². The number of fused-ring (bicyclic) bond motifs is 1. The number of carbonyl (C=O) groups is 1. The molecule has 0 bridgehead atoms. The second kappa shape index (κ2) is 7.33. The van der Waals surface area contributed by atoms with Crippen molar-refractivity contribution in [2.45, 2.75) is 38.6 Å². The van der Waals surface area contributed by atoms with Crippen molar-refractivity contribution in [2.24, 2.45) is 5.92 Å². The SMILES string of the molecule is C[C@@H](Cc1ccc2c(c1)CCO2)NC(=O)C1CCN(S(C)(=O)=O)CC1. The molecule has 1 saturated heterocycles. The van der Waals surface area contributed by atoms with Crippen LogP contribution in [0.15, 0.2) is 18.2 Å². The van der Waals surface area contributed by atoms with E-state index >= 15 is 0 Å². The molecule has 2 heterocycles. The summed E-state index contributed by atoms with van der Waals surface area (Å²) in [5.41, 5.74) is 2.44. The Bertz CT molecular complexity index is 739. The van der Waals surface area contributed by atoms with E-state index < -0.39 is 10.0 Å². The van der Waals surface area contributed by atoms with Crippen molar-refractivity contribution in [3.8, 4) is 5.75 Å². The van der Waals surface area contributed by atoms with Crippen LogP contribution in [0.25, 0.3) is 0 Å². The van der Waals surface area contributed by atoms with Crippen molar-refractivity contribution < 1.29 is 17.9 Å². The van der Waals surface area contributed by atoms with Crippen LogP contribution in [0.1, 0.15) is 30.9 Å². The molecular formula is C18H26N2O4S. The number of benzene rings is 1. The van der Waals surface area contributed by atoms with Gasteiger partial charge >= 0.3 is 0 Å². The van der Waals surface area contributed by atoms with Crippen LogP contribution < -0.4 is 10.1 Å². The smallest absolute Gasteiger partial charge is 0.223 e. The summed E-state index contributed by atoms with van der Waals surface area (Å²) in [6, 6.07) is 6.26. The van der Waals surface area contributed by atoms with Gasteiger partial charge in [0.15, 0.2) is 0 Å². The van der Waals surface area contributed by atoms with E-state index in [1.165, 1.54) is 21.7 Å². The highest BCUT2D eigenvalue weighted by atomic mass is 32.2. The summed E-state index contributed by atoms with van der Waals surface area (Å²) < 4.78 is 30.1. The first-order chi connectivity index (χ1) is 11.8. The van der Waals surface area contributed by atoms with Gasteiger partial charge in [-0.1, -0.05) is 12.1 Å². The first-order valence-corrected chi connectivity index (χ1v) is 10.7. The molecule has 0 spiro atoms. The van der Waals surface area contributed by atoms with E-state index in [-0.39, 0.29) is 17.9 Å².